The highest BCUT2D eigenvalue weighted by atomic mass is 16.5. The summed E-state index contributed by atoms with van der Waals surface area (Å²) in [5, 5.41) is 3.16. The number of amides is 2. The van der Waals surface area contributed by atoms with E-state index in [4.69, 9.17) is 4.74 Å². The maximum Gasteiger partial charge on any atom is 0.317 e. The van der Waals surface area contributed by atoms with Crippen molar-refractivity contribution in [1.82, 2.24) is 15.1 Å². The molecule has 1 atom stereocenters. The first-order chi connectivity index (χ1) is 12.8. The second kappa shape index (κ2) is 8.40. The molecule has 2 amide bonds. The van der Waals surface area contributed by atoms with Crippen LogP contribution < -0.4 is 5.32 Å². The van der Waals surface area contributed by atoms with Gasteiger partial charge in [0.2, 0.25) is 0 Å². The van der Waals surface area contributed by atoms with Gasteiger partial charge in [-0.2, -0.15) is 0 Å². The summed E-state index contributed by atoms with van der Waals surface area (Å²) in [7, 11) is 0. The molecular formula is C21H31N3O2. The molecule has 3 aliphatic rings. The number of ether oxygens (including phenoxy) is 1. The van der Waals surface area contributed by atoms with Crippen molar-refractivity contribution < 1.29 is 9.53 Å². The predicted octanol–water partition coefficient (Wildman–Crippen LogP) is 2.65. The summed E-state index contributed by atoms with van der Waals surface area (Å²) in [4.78, 5) is 17.2. The van der Waals surface area contributed by atoms with Crippen LogP contribution >= 0.6 is 0 Å². The molecule has 1 unspecified atom stereocenters. The molecule has 1 aliphatic carbocycles. The van der Waals surface area contributed by atoms with Crippen molar-refractivity contribution in [2.24, 2.45) is 5.92 Å². The Morgan fingerprint density at radius 2 is 2.08 bits per heavy atom. The highest BCUT2D eigenvalue weighted by Crippen LogP contribution is 2.29. The fraction of sp³-hybridized carbons (Fsp3) is 0.667. The molecule has 2 heterocycles. The molecular weight excluding hydrogens is 326 g/mol. The Morgan fingerprint density at radius 3 is 2.85 bits per heavy atom. The van der Waals surface area contributed by atoms with Crippen molar-refractivity contribution in [3.8, 4) is 0 Å². The number of hydrogen-bond donors (Lipinski definition) is 1. The molecule has 5 nitrogen and oxygen atoms in total. The lowest BCUT2D eigenvalue weighted by Gasteiger charge is -2.29. The van der Waals surface area contributed by atoms with E-state index in [1.54, 1.807) is 0 Å². The number of nitrogens with zero attached hydrogens (tertiary/aromatic N) is 2. The first-order valence-corrected chi connectivity index (χ1v) is 10.2. The van der Waals surface area contributed by atoms with Gasteiger partial charge in [-0.1, -0.05) is 24.3 Å². The predicted molar refractivity (Wildman–Crippen MR) is 102 cm³/mol. The normalized spacial score (nSPS) is 22.8. The molecule has 2 aliphatic heterocycles. The van der Waals surface area contributed by atoms with Gasteiger partial charge in [-0.05, 0) is 43.2 Å². The summed E-state index contributed by atoms with van der Waals surface area (Å²) in [5.74, 6) is 0.523. The number of rotatable bonds is 7. The molecule has 4 rings (SSSR count). The molecule has 0 radical (unpaired) electrons. The Hall–Kier alpha value is -1.59. The first-order valence-electron chi connectivity index (χ1n) is 10.2. The summed E-state index contributed by atoms with van der Waals surface area (Å²) in [6.07, 6.45) is 5.57. The molecule has 5 heteroatoms. The molecule has 0 bridgehead atoms. The van der Waals surface area contributed by atoms with Crippen molar-refractivity contribution in [1.29, 1.82) is 0 Å². The number of hydrogen-bond acceptors (Lipinski definition) is 3. The van der Waals surface area contributed by atoms with Crippen LogP contribution in [0.2, 0.25) is 0 Å². The van der Waals surface area contributed by atoms with E-state index in [9.17, 15) is 4.79 Å². The lowest BCUT2D eigenvalue weighted by Crippen LogP contribution is -2.44. The number of nitrogens with one attached hydrogen (secondary N) is 1. The topological polar surface area (TPSA) is 44.8 Å². The fourth-order valence-electron chi connectivity index (χ4n) is 4.13. The van der Waals surface area contributed by atoms with Gasteiger partial charge in [0, 0.05) is 51.3 Å². The molecule has 1 aromatic carbocycles. The molecule has 2 fully saturated rings. The summed E-state index contributed by atoms with van der Waals surface area (Å²) < 4.78 is 5.46. The molecule has 0 spiro atoms. The zero-order chi connectivity index (χ0) is 17.8. The Balaban J connectivity index is 1.17. The second-order valence-electron chi connectivity index (χ2n) is 7.99. The van der Waals surface area contributed by atoms with Crippen LogP contribution in [0.15, 0.2) is 24.3 Å². The van der Waals surface area contributed by atoms with Gasteiger partial charge in [-0.25, -0.2) is 4.79 Å². The molecule has 0 aromatic heterocycles. The van der Waals surface area contributed by atoms with Gasteiger partial charge in [0.05, 0.1) is 6.61 Å². The van der Waals surface area contributed by atoms with Gasteiger partial charge in [-0.15, -0.1) is 0 Å². The second-order valence-corrected chi connectivity index (χ2v) is 7.99. The maximum absolute atomic E-state index is 12.6. The van der Waals surface area contributed by atoms with E-state index < -0.39 is 0 Å². The van der Waals surface area contributed by atoms with E-state index in [1.165, 1.54) is 11.1 Å². The SMILES string of the molecule is O=C(NCCCN1CCc2ccccc2C1)N(CC1CCOC1)C1CC1. The molecule has 1 aromatic rings. The smallest absolute Gasteiger partial charge is 0.317 e. The van der Waals surface area contributed by atoms with E-state index >= 15 is 0 Å². The van der Waals surface area contributed by atoms with E-state index in [0.29, 0.717) is 12.0 Å². The van der Waals surface area contributed by atoms with Crippen molar-refractivity contribution >= 4 is 6.03 Å². The number of fused-ring (bicyclic) bond motifs is 1. The van der Waals surface area contributed by atoms with Crippen molar-refractivity contribution in [3.05, 3.63) is 35.4 Å². The zero-order valence-corrected chi connectivity index (χ0v) is 15.7. The zero-order valence-electron chi connectivity index (χ0n) is 15.7. The minimum atomic E-state index is 0.128. The first kappa shape index (κ1) is 17.8. The molecule has 26 heavy (non-hydrogen) atoms. The van der Waals surface area contributed by atoms with Gasteiger partial charge < -0.3 is 15.0 Å². The van der Waals surface area contributed by atoms with E-state index in [2.05, 4.69) is 39.4 Å². The standard InChI is InChI=1S/C21H31N3O2/c25-21(24(20-6-7-20)14-17-9-13-26-16-17)22-10-3-11-23-12-8-18-4-1-2-5-19(18)15-23/h1-2,4-5,17,20H,3,6-16H2,(H,22,25). The van der Waals surface area contributed by atoms with Gasteiger partial charge in [-0.3, -0.25) is 4.90 Å². The van der Waals surface area contributed by atoms with Crippen LogP contribution in [0.4, 0.5) is 4.79 Å². The van der Waals surface area contributed by atoms with Gasteiger partial charge in [0.1, 0.15) is 0 Å². The van der Waals surface area contributed by atoms with Crippen molar-refractivity contribution in [2.45, 2.75) is 44.7 Å². The Bertz CT molecular complexity index is 611. The molecule has 1 saturated carbocycles. The Morgan fingerprint density at radius 1 is 1.23 bits per heavy atom. The van der Waals surface area contributed by atoms with Crippen LogP contribution in [0.3, 0.4) is 0 Å². The average Bonchev–Trinajstić information content (AvgIpc) is 3.38. The summed E-state index contributed by atoms with van der Waals surface area (Å²) in [6.45, 7) is 6.51. The van der Waals surface area contributed by atoms with Crippen molar-refractivity contribution in [3.63, 3.8) is 0 Å². The molecule has 1 saturated heterocycles. The minimum absolute atomic E-state index is 0.128. The van der Waals surface area contributed by atoms with Crippen LogP contribution in [-0.2, 0) is 17.7 Å². The van der Waals surface area contributed by atoms with E-state index in [0.717, 1.165) is 78.0 Å². The van der Waals surface area contributed by atoms with Crippen LogP contribution in [0.1, 0.15) is 36.8 Å². The van der Waals surface area contributed by atoms with E-state index in [1.807, 2.05) is 0 Å². The quantitative estimate of drug-likeness (QED) is 0.763. The van der Waals surface area contributed by atoms with E-state index in [-0.39, 0.29) is 6.03 Å². The van der Waals surface area contributed by atoms with Crippen LogP contribution in [0.25, 0.3) is 0 Å². The van der Waals surface area contributed by atoms with Gasteiger partial charge >= 0.3 is 6.03 Å². The maximum atomic E-state index is 12.6. The number of urea groups is 1. The number of carbonyl (C=O) groups is 1. The third kappa shape index (κ3) is 4.57. The summed E-state index contributed by atoms with van der Waals surface area (Å²) in [6, 6.07) is 9.34. The lowest BCUT2D eigenvalue weighted by atomic mass is 10.00. The van der Waals surface area contributed by atoms with Crippen molar-refractivity contribution in [2.75, 3.05) is 39.4 Å². The third-order valence-corrected chi connectivity index (χ3v) is 5.86. The third-order valence-electron chi connectivity index (χ3n) is 5.86. The number of benzene rings is 1. The summed E-state index contributed by atoms with van der Waals surface area (Å²) >= 11 is 0. The largest absolute Gasteiger partial charge is 0.381 e. The lowest BCUT2D eigenvalue weighted by molar-refractivity contribution is 0.161. The monoisotopic (exact) mass is 357 g/mol. The Labute approximate surface area is 156 Å². The highest BCUT2D eigenvalue weighted by Gasteiger charge is 2.34. The molecule has 1 N–H and O–H groups in total. The Kier molecular flexibility index (Phi) is 5.75. The number of carbonyl (C=O) groups excluding carboxylic acids is 1. The average molecular weight is 357 g/mol. The van der Waals surface area contributed by atoms with Gasteiger partial charge in [0.25, 0.3) is 0 Å². The molecule has 142 valence electrons. The minimum Gasteiger partial charge on any atom is -0.381 e. The highest BCUT2D eigenvalue weighted by molar-refractivity contribution is 5.74. The van der Waals surface area contributed by atoms with Crippen LogP contribution in [0.5, 0.6) is 0 Å². The van der Waals surface area contributed by atoms with Crippen LogP contribution in [0, 0.1) is 5.92 Å². The summed E-state index contributed by atoms with van der Waals surface area (Å²) in [5.41, 5.74) is 2.95. The van der Waals surface area contributed by atoms with Crippen LogP contribution in [-0.4, -0.2) is 61.3 Å². The van der Waals surface area contributed by atoms with Gasteiger partial charge in [0.15, 0.2) is 0 Å². The fourth-order valence-corrected chi connectivity index (χ4v) is 4.13.